The molecule has 5 aliphatic rings. The van der Waals surface area contributed by atoms with Crippen molar-refractivity contribution < 1.29 is 19.5 Å². The van der Waals surface area contributed by atoms with Crippen LogP contribution in [0, 0.1) is 17.8 Å². The summed E-state index contributed by atoms with van der Waals surface area (Å²) in [6.45, 7) is 0. The van der Waals surface area contributed by atoms with E-state index in [0.29, 0.717) is 17.8 Å². The molecule has 4 aliphatic carbocycles. The molecule has 6 nitrogen and oxygen atoms in total. The zero-order valence-electron chi connectivity index (χ0n) is 11.9. The molecule has 5 fully saturated rings. The number of rotatable bonds is 3. The summed E-state index contributed by atoms with van der Waals surface area (Å²) in [6.07, 6.45) is 6.13. The van der Waals surface area contributed by atoms with Gasteiger partial charge in [-0.1, -0.05) is 0 Å². The van der Waals surface area contributed by atoms with Crippen LogP contribution in [0.3, 0.4) is 0 Å². The molecule has 1 unspecified atom stereocenters. The maximum absolute atomic E-state index is 12.5. The monoisotopic (exact) mass is 292 g/mol. The lowest BCUT2D eigenvalue weighted by molar-refractivity contribution is -0.145. The highest BCUT2D eigenvalue weighted by Gasteiger charge is 2.59. The fraction of sp³-hybridized carbons (Fsp3) is 0.800. The number of imide groups is 1. The highest BCUT2D eigenvalue weighted by Crippen LogP contribution is 2.58. The normalized spacial score (nSPS) is 44.3. The van der Waals surface area contributed by atoms with Gasteiger partial charge >= 0.3 is 12.0 Å². The third kappa shape index (κ3) is 1.88. The Morgan fingerprint density at radius 3 is 2.14 bits per heavy atom. The number of aliphatic carboxylic acids is 1. The number of carboxylic acids is 1. The fourth-order valence-electron chi connectivity index (χ4n) is 5.63. The van der Waals surface area contributed by atoms with Crippen LogP contribution in [0.4, 0.5) is 4.79 Å². The summed E-state index contributed by atoms with van der Waals surface area (Å²) in [5, 5.41) is 11.4. The third-order valence-electron chi connectivity index (χ3n) is 5.88. The number of hydrogen-bond donors (Lipinski definition) is 2. The fourth-order valence-corrected chi connectivity index (χ4v) is 5.63. The molecule has 1 heterocycles. The van der Waals surface area contributed by atoms with Crippen LogP contribution in [-0.4, -0.2) is 39.5 Å². The van der Waals surface area contributed by atoms with E-state index in [0.717, 1.165) is 19.3 Å². The second-order valence-electron chi connectivity index (χ2n) is 7.42. The lowest BCUT2D eigenvalue weighted by Gasteiger charge is -2.58. The number of urea groups is 1. The van der Waals surface area contributed by atoms with Crippen molar-refractivity contribution in [3.8, 4) is 0 Å². The molecule has 1 saturated heterocycles. The molecule has 2 N–H and O–H groups in total. The van der Waals surface area contributed by atoms with Crippen LogP contribution in [0.25, 0.3) is 0 Å². The standard InChI is InChI=1S/C15H20N2O4/c18-12(19)4-11-13(20)17(14(21)16-11)15-5-8-1-9(6-15)3-10(2-8)7-15/h8-11H,1-7H2,(H,16,21)(H,18,19). The maximum Gasteiger partial charge on any atom is 0.325 e. The van der Waals surface area contributed by atoms with Gasteiger partial charge in [0.15, 0.2) is 0 Å². The van der Waals surface area contributed by atoms with Crippen molar-refractivity contribution in [1.29, 1.82) is 0 Å². The van der Waals surface area contributed by atoms with Crippen LogP contribution in [0.5, 0.6) is 0 Å². The smallest absolute Gasteiger partial charge is 0.325 e. The van der Waals surface area contributed by atoms with Gasteiger partial charge in [0.25, 0.3) is 5.91 Å². The largest absolute Gasteiger partial charge is 0.481 e. The van der Waals surface area contributed by atoms with E-state index in [1.165, 1.54) is 24.2 Å². The predicted molar refractivity (Wildman–Crippen MR) is 72.3 cm³/mol. The molecule has 21 heavy (non-hydrogen) atoms. The minimum Gasteiger partial charge on any atom is -0.481 e. The summed E-state index contributed by atoms with van der Waals surface area (Å²) in [6, 6.07) is -1.27. The van der Waals surface area contributed by atoms with E-state index < -0.39 is 12.0 Å². The summed E-state index contributed by atoms with van der Waals surface area (Å²) < 4.78 is 0. The van der Waals surface area contributed by atoms with Gasteiger partial charge in [0.05, 0.1) is 12.0 Å². The van der Waals surface area contributed by atoms with Crippen molar-refractivity contribution in [3.63, 3.8) is 0 Å². The van der Waals surface area contributed by atoms with Gasteiger partial charge in [-0.3, -0.25) is 14.5 Å². The van der Waals surface area contributed by atoms with Crippen molar-refractivity contribution >= 4 is 17.9 Å². The molecule has 0 aromatic carbocycles. The molecule has 0 radical (unpaired) electrons. The lowest BCUT2D eigenvalue weighted by Crippen LogP contribution is -2.62. The van der Waals surface area contributed by atoms with E-state index in [1.807, 2.05) is 0 Å². The number of carboxylic acid groups (broad SMARTS) is 1. The predicted octanol–water partition coefficient (Wildman–Crippen LogP) is 1.35. The second kappa shape index (κ2) is 4.21. The Morgan fingerprint density at radius 1 is 1.14 bits per heavy atom. The van der Waals surface area contributed by atoms with Gasteiger partial charge in [-0.15, -0.1) is 0 Å². The van der Waals surface area contributed by atoms with Crippen LogP contribution in [0.1, 0.15) is 44.9 Å². The zero-order valence-corrected chi connectivity index (χ0v) is 11.9. The number of carbonyl (C=O) groups excluding carboxylic acids is 2. The SMILES string of the molecule is O=C(O)CC1NC(=O)N(C23CC4CC(CC(C4)C2)C3)C1=O. The first kappa shape index (κ1) is 13.1. The Labute approximate surface area is 122 Å². The van der Waals surface area contributed by atoms with Gasteiger partial charge in [0.2, 0.25) is 0 Å². The first-order chi connectivity index (χ1) is 9.97. The van der Waals surface area contributed by atoms with Gasteiger partial charge in [-0.2, -0.15) is 0 Å². The average molecular weight is 292 g/mol. The van der Waals surface area contributed by atoms with Crippen molar-refractivity contribution in [2.24, 2.45) is 17.8 Å². The van der Waals surface area contributed by atoms with E-state index >= 15 is 0 Å². The van der Waals surface area contributed by atoms with Gasteiger partial charge in [0.1, 0.15) is 6.04 Å². The third-order valence-corrected chi connectivity index (χ3v) is 5.88. The molecule has 0 aromatic heterocycles. The summed E-state index contributed by atoms with van der Waals surface area (Å²) in [4.78, 5) is 37.1. The molecule has 0 aromatic rings. The van der Waals surface area contributed by atoms with Gasteiger partial charge in [-0.25, -0.2) is 4.79 Å². The average Bonchev–Trinajstić information content (AvgIpc) is 2.62. The molecule has 3 amide bonds. The Balaban J connectivity index is 1.62. The minimum atomic E-state index is -1.05. The second-order valence-corrected chi connectivity index (χ2v) is 7.42. The van der Waals surface area contributed by atoms with E-state index in [1.54, 1.807) is 0 Å². The van der Waals surface area contributed by atoms with Crippen LogP contribution < -0.4 is 5.32 Å². The van der Waals surface area contributed by atoms with Gasteiger partial charge in [-0.05, 0) is 56.3 Å². The Morgan fingerprint density at radius 2 is 1.67 bits per heavy atom. The summed E-state index contributed by atoms with van der Waals surface area (Å²) in [5.74, 6) is 0.520. The number of nitrogens with zero attached hydrogens (tertiary/aromatic N) is 1. The summed E-state index contributed by atoms with van der Waals surface area (Å²) in [5.41, 5.74) is -0.330. The van der Waals surface area contributed by atoms with Crippen LogP contribution >= 0.6 is 0 Å². The lowest BCUT2D eigenvalue weighted by atomic mass is 9.52. The molecule has 4 bridgehead atoms. The number of carbonyl (C=O) groups is 3. The Kier molecular flexibility index (Phi) is 2.63. The molecule has 114 valence electrons. The highest BCUT2D eigenvalue weighted by molar-refractivity contribution is 6.06. The molecule has 1 atom stereocenters. The minimum absolute atomic E-state index is 0.326. The van der Waals surface area contributed by atoms with Crippen LogP contribution in [0.15, 0.2) is 0 Å². The first-order valence-electron chi connectivity index (χ1n) is 7.83. The van der Waals surface area contributed by atoms with Gasteiger partial charge in [0, 0.05) is 0 Å². The molecule has 6 heteroatoms. The quantitative estimate of drug-likeness (QED) is 0.769. The zero-order chi connectivity index (χ0) is 14.8. The maximum atomic E-state index is 12.5. The molecular weight excluding hydrogens is 272 g/mol. The van der Waals surface area contributed by atoms with E-state index in [4.69, 9.17) is 5.11 Å². The Bertz CT molecular complexity index is 494. The topological polar surface area (TPSA) is 86.7 Å². The molecule has 5 rings (SSSR count). The van der Waals surface area contributed by atoms with E-state index in [9.17, 15) is 14.4 Å². The molecule has 4 saturated carbocycles. The molecule has 1 aliphatic heterocycles. The summed E-state index contributed by atoms with van der Waals surface area (Å²) >= 11 is 0. The van der Waals surface area contributed by atoms with Crippen molar-refractivity contribution in [3.05, 3.63) is 0 Å². The number of nitrogens with one attached hydrogen (secondary N) is 1. The Hall–Kier alpha value is -1.59. The van der Waals surface area contributed by atoms with E-state index in [-0.39, 0.29) is 23.9 Å². The highest BCUT2D eigenvalue weighted by atomic mass is 16.4. The summed E-state index contributed by atoms with van der Waals surface area (Å²) in [7, 11) is 0. The first-order valence-corrected chi connectivity index (χ1v) is 7.83. The molecule has 0 spiro atoms. The number of amides is 3. The van der Waals surface area contributed by atoms with Crippen LogP contribution in [0.2, 0.25) is 0 Å². The van der Waals surface area contributed by atoms with E-state index in [2.05, 4.69) is 5.32 Å². The van der Waals surface area contributed by atoms with Gasteiger partial charge < -0.3 is 10.4 Å². The van der Waals surface area contributed by atoms with Crippen molar-refractivity contribution in [1.82, 2.24) is 10.2 Å². The molecular formula is C15H20N2O4. The van der Waals surface area contributed by atoms with Crippen molar-refractivity contribution in [2.75, 3.05) is 0 Å². The van der Waals surface area contributed by atoms with Crippen molar-refractivity contribution in [2.45, 2.75) is 56.5 Å². The number of hydrogen-bond acceptors (Lipinski definition) is 3. The van der Waals surface area contributed by atoms with Crippen LogP contribution in [-0.2, 0) is 9.59 Å².